The summed E-state index contributed by atoms with van der Waals surface area (Å²) in [4.78, 5) is 12.7. The van der Waals surface area contributed by atoms with Gasteiger partial charge < -0.3 is 4.90 Å². The molecule has 0 heterocycles. The molecule has 0 N–H and O–H groups in total. The van der Waals surface area contributed by atoms with Crippen molar-refractivity contribution in [3.63, 3.8) is 0 Å². The third-order valence-corrected chi connectivity index (χ3v) is 4.22. The molecule has 0 aliphatic rings. The zero-order chi connectivity index (χ0) is 20.2. The summed E-state index contributed by atoms with van der Waals surface area (Å²) in [5.74, 6) is 0. The van der Waals surface area contributed by atoms with E-state index < -0.39 is 11.7 Å². The van der Waals surface area contributed by atoms with Gasteiger partial charge in [0.05, 0.1) is 11.3 Å². The Kier molecular flexibility index (Phi) is 6.47. The van der Waals surface area contributed by atoms with E-state index in [2.05, 4.69) is 0 Å². The Labute approximate surface area is 158 Å². The van der Waals surface area contributed by atoms with Gasteiger partial charge in [-0.25, -0.2) is 0 Å². The standard InChI is InChI=1S/C22H24F3NO/c1-15(2)9-11-26(12-10-16(3)4)20-8-6-18-13-17(14-27)5-7-19(18)21(20)22(23,24)25/h5-10,13-14H,11-12H2,1-4H3. The van der Waals surface area contributed by atoms with Crippen LogP contribution in [0.1, 0.15) is 43.6 Å². The summed E-state index contributed by atoms with van der Waals surface area (Å²) in [5.41, 5.74) is 1.92. The van der Waals surface area contributed by atoms with E-state index >= 15 is 0 Å². The molecule has 144 valence electrons. The Balaban J connectivity index is 2.70. The van der Waals surface area contributed by atoms with Gasteiger partial charge in [0.25, 0.3) is 0 Å². The maximum Gasteiger partial charge on any atom is 0.418 e. The molecule has 0 aliphatic carbocycles. The first-order valence-electron chi connectivity index (χ1n) is 8.74. The van der Waals surface area contributed by atoms with Crippen molar-refractivity contribution < 1.29 is 18.0 Å². The maximum absolute atomic E-state index is 14.0. The highest BCUT2D eigenvalue weighted by atomic mass is 19.4. The SMILES string of the molecule is CC(C)=CCN(CC=C(C)C)c1ccc2cc(C=O)ccc2c1C(F)(F)F. The van der Waals surface area contributed by atoms with Gasteiger partial charge in [-0.3, -0.25) is 4.79 Å². The van der Waals surface area contributed by atoms with Gasteiger partial charge in [-0.05, 0) is 50.6 Å². The Morgan fingerprint density at radius 1 is 0.963 bits per heavy atom. The van der Waals surface area contributed by atoms with Gasteiger partial charge >= 0.3 is 6.18 Å². The van der Waals surface area contributed by atoms with E-state index in [1.54, 1.807) is 11.0 Å². The molecule has 0 unspecified atom stereocenters. The van der Waals surface area contributed by atoms with Crippen LogP contribution in [0.2, 0.25) is 0 Å². The Bertz CT molecular complexity index is 866. The Hall–Kier alpha value is -2.56. The summed E-state index contributed by atoms with van der Waals surface area (Å²) in [6.07, 6.45) is -0.0420. The molecule has 0 spiro atoms. The summed E-state index contributed by atoms with van der Waals surface area (Å²) < 4.78 is 42.0. The van der Waals surface area contributed by atoms with Gasteiger partial charge in [0.1, 0.15) is 6.29 Å². The van der Waals surface area contributed by atoms with Crippen molar-refractivity contribution in [3.05, 3.63) is 64.8 Å². The van der Waals surface area contributed by atoms with Crippen LogP contribution in [-0.4, -0.2) is 19.4 Å². The topological polar surface area (TPSA) is 20.3 Å². The van der Waals surface area contributed by atoms with Gasteiger partial charge in [0, 0.05) is 18.7 Å². The highest BCUT2D eigenvalue weighted by Crippen LogP contribution is 2.41. The van der Waals surface area contributed by atoms with Crippen molar-refractivity contribution in [2.45, 2.75) is 33.9 Å². The molecule has 0 saturated carbocycles. The molecule has 0 atom stereocenters. The molecule has 0 bridgehead atoms. The molecule has 0 saturated heterocycles. The van der Waals surface area contributed by atoms with Gasteiger partial charge in [-0.1, -0.05) is 41.5 Å². The predicted molar refractivity (Wildman–Crippen MR) is 105 cm³/mol. The molecule has 27 heavy (non-hydrogen) atoms. The molecule has 5 heteroatoms. The van der Waals surface area contributed by atoms with Crippen molar-refractivity contribution in [1.29, 1.82) is 0 Å². The van der Waals surface area contributed by atoms with Gasteiger partial charge in [-0.15, -0.1) is 0 Å². The van der Waals surface area contributed by atoms with Crippen molar-refractivity contribution in [2.24, 2.45) is 0 Å². The van der Waals surface area contributed by atoms with E-state index in [0.29, 0.717) is 30.3 Å². The fourth-order valence-corrected chi connectivity index (χ4v) is 2.83. The number of carbonyl (C=O) groups is 1. The minimum Gasteiger partial charge on any atom is -0.364 e. The smallest absolute Gasteiger partial charge is 0.364 e. The largest absolute Gasteiger partial charge is 0.418 e. The molecule has 2 nitrogen and oxygen atoms in total. The zero-order valence-electron chi connectivity index (χ0n) is 16.0. The summed E-state index contributed by atoms with van der Waals surface area (Å²) in [7, 11) is 0. The number of halogens is 3. The number of benzene rings is 2. The van der Waals surface area contributed by atoms with E-state index in [-0.39, 0.29) is 11.1 Å². The number of anilines is 1. The third-order valence-electron chi connectivity index (χ3n) is 4.22. The van der Waals surface area contributed by atoms with Crippen molar-refractivity contribution >= 4 is 22.7 Å². The summed E-state index contributed by atoms with van der Waals surface area (Å²) >= 11 is 0. The summed E-state index contributed by atoms with van der Waals surface area (Å²) in [6, 6.07) is 7.43. The number of alkyl halides is 3. The average molecular weight is 375 g/mol. The van der Waals surface area contributed by atoms with Crippen molar-refractivity contribution in [3.8, 4) is 0 Å². The molecule has 0 radical (unpaired) electrons. The number of fused-ring (bicyclic) bond motifs is 1. The van der Waals surface area contributed by atoms with Crippen LogP contribution >= 0.6 is 0 Å². The lowest BCUT2D eigenvalue weighted by Crippen LogP contribution is -2.27. The zero-order valence-corrected chi connectivity index (χ0v) is 16.0. The monoisotopic (exact) mass is 375 g/mol. The number of allylic oxidation sites excluding steroid dienone is 2. The van der Waals surface area contributed by atoms with Crippen molar-refractivity contribution in [2.75, 3.05) is 18.0 Å². The summed E-state index contributed by atoms with van der Waals surface area (Å²) in [6.45, 7) is 8.45. The predicted octanol–water partition coefficient (Wildman–Crippen LogP) is 6.41. The molecule has 0 aromatic heterocycles. The van der Waals surface area contributed by atoms with Gasteiger partial charge in [-0.2, -0.15) is 13.2 Å². The second kappa shape index (κ2) is 8.42. The van der Waals surface area contributed by atoms with Gasteiger partial charge in [0.15, 0.2) is 0 Å². The highest BCUT2D eigenvalue weighted by molar-refractivity contribution is 5.94. The van der Waals surface area contributed by atoms with Crippen LogP contribution in [0.5, 0.6) is 0 Å². The second-order valence-corrected chi connectivity index (χ2v) is 7.02. The number of hydrogen-bond donors (Lipinski definition) is 0. The van der Waals surface area contributed by atoms with Crippen LogP contribution in [0, 0.1) is 0 Å². The second-order valence-electron chi connectivity index (χ2n) is 7.02. The van der Waals surface area contributed by atoms with E-state index in [1.165, 1.54) is 24.3 Å². The van der Waals surface area contributed by atoms with Crippen LogP contribution in [0.3, 0.4) is 0 Å². The van der Waals surface area contributed by atoms with Crippen LogP contribution in [-0.2, 0) is 6.18 Å². The third kappa shape index (κ3) is 5.22. The van der Waals surface area contributed by atoms with E-state index in [0.717, 1.165) is 11.1 Å². The fourth-order valence-electron chi connectivity index (χ4n) is 2.83. The van der Waals surface area contributed by atoms with Crippen LogP contribution in [0.15, 0.2) is 53.6 Å². The Morgan fingerprint density at radius 3 is 2.04 bits per heavy atom. The molecule has 0 amide bonds. The number of aldehydes is 1. The first-order chi connectivity index (χ1) is 12.6. The quantitative estimate of drug-likeness (QED) is 0.429. The first kappa shape index (κ1) is 20.7. The normalized spacial score (nSPS) is 11.2. The number of hydrogen-bond acceptors (Lipinski definition) is 2. The average Bonchev–Trinajstić information content (AvgIpc) is 2.59. The lowest BCUT2D eigenvalue weighted by Gasteiger charge is -2.27. The fraction of sp³-hybridized carbons (Fsp3) is 0.318. The molecule has 2 aromatic carbocycles. The molecular weight excluding hydrogens is 351 g/mol. The van der Waals surface area contributed by atoms with Gasteiger partial charge in [0.2, 0.25) is 0 Å². The van der Waals surface area contributed by atoms with E-state index in [4.69, 9.17) is 0 Å². The van der Waals surface area contributed by atoms with E-state index in [9.17, 15) is 18.0 Å². The van der Waals surface area contributed by atoms with Crippen molar-refractivity contribution in [1.82, 2.24) is 0 Å². The Morgan fingerprint density at radius 2 is 1.56 bits per heavy atom. The number of nitrogens with zero attached hydrogens (tertiary/aromatic N) is 1. The number of rotatable bonds is 6. The lowest BCUT2D eigenvalue weighted by atomic mass is 9.99. The summed E-state index contributed by atoms with van der Waals surface area (Å²) in [5, 5.41) is 0.505. The maximum atomic E-state index is 14.0. The van der Waals surface area contributed by atoms with Crippen LogP contribution < -0.4 is 4.90 Å². The molecule has 0 aliphatic heterocycles. The lowest BCUT2D eigenvalue weighted by molar-refractivity contribution is -0.135. The molecule has 2 rings (SSSR count). The van der Waals surface area contributed by atoms with E-state index in [1.807, 2.05) is 39.8 Å². The number of carbonyl (C=O) groups excluding carboxylic acids is 1. The minimum atomic E-state index is -4.51. The molecule has 0 fully saturated rings. The first-order valence-corrected chi connectivity index (χ1v) is 8.74. The van der Waals surface area contributed by atoms with Crippen LogP contribution in [0.25, 0.3) is 10.8 Å². The van der Waals surface area contributed by atoms with Crippen LogP contribution in [0.4, 0.5) is 18.9 Å². The highest BCUT2D eigenvalue weighted by Gasteiger charge is 2.36. The molecule has 2 aromatic rings. The molecular formula is C22H24F3NO. The minimum absolute atomic E-state index is 0.102.